The van der Waals surface area contributed by atoms with Gasteiger partial charge in [-0.15, -0.1) is 0 Å². The number of carbonyl (C=O) groups is 2. The van der Waals surface area contributed by atoms with Crippen molar-refractivity contribution in [2.24, 2.45) is 0 Å². The largest absolute Gasteiger partial charge is 0.456 e. The lowest BCUT2D eigenvalue weighted by Crippen LogP contribution is -2.26. The number of hydrogen-bond donors (Lipinski definition) is 3. The van der Waals surface area contributed by atoms with Crippen molar-refractivity contribution < 1.29 is 22.4 Å². The number of amides is 2. The summed E-state index contributed by atoms with van der Waals surface area (Å²) in [5.74, 6) is 0.178. The van der Waals surface area contributed by atoms with E-state index in [9.17, 15) is 18.0 Å². The second-order valence-electron chi connectivity index (χ2n) is 5.41. The first-order chi connectivity index (χ1) is 11.7. The molecule has 0 unspecified atom stereocenters. The maximum absolute atomic E-state index is 12.0. The molecule has 0 aliphatic carbocycles. The first-order valence-electron chi connectivity index (χ1n) is 7.45. The molecule has 8 nitrogen and oxygen atoms in total. The van der Waals surface area contributed by atoms with Gasteiger partial charge in [0.05, 0.1) is 6.26 Å². The lowest BCUT2D eigenvalue weighted by atomic mass is 10.2. The van der Waals surface area contributed by atoms with Gasteiger partial charge in [-0.1, -0.05) is 0 Å². The zero-order valence-electron chi connectivity index (χ0n) is 13.8. The van der Waals surface area contributed by atoms with Crippen LogP contribution in [0.1, 0.15) is 22.7 Å². The third-order valence-electron chi connectivity index (χ3n) is 3.11. The molecule has 2 aromatic rings. The van der Waals surface area contributed by atoms with E-state index in [-0.39, 0.29) is 30.5 Å². The summed E-state index contributed by atoms with van der Waals surface area (Å²) >= 11 is 0. The topological polar surface area (TPSA) is 118 Å². The van der Waals surface area contributed by atoms with Gasteiger partial charge in [0.15, 0.2) is 5.76 Å². The fraction of sp³-hybridized carbons (Fsp3) is 0.250. The van der Waals surface area contributed by atoms with Gasteiger partial charge in [0.1, 0.15) is 5.76 Å². The van der Waals surface area contributed by atoms with Crippen LogP contribution in [0.15, 0.2) is 40.8 Å². The molecule has 1 aromatic carbocycles. The van der Waals surface area contributed by atoms with Gasteiger partial charge in [0.25, 0.3) is 5.91 Å². The molecule has 2 rings (SSSR count). The van der Waals surface area contributed by atoms with Gasteiger partial charge in [-0.25, -0.2) is 13.1 Å². The van der Waals surface area contributed by atoms with E-state index in [4.69, 9.17) is 4.42 Å². The van der Waals surface area contributed by atoms with Crippen molar-refractivity contribution in [1.82, 2.24) is 4.72 Å². The minimum absolute atomic E-state index is 0.0173. The minimum atomic E-state index is -3.31. The Bertz CT molecular complexity index is 856. The van der Waals surface area contributed by atoms with Crippen LogP contribution in [0.3, 0.4) is 0 Å². The lowest BCUT2D eigenvalue weighted by molar-refractivity contribution is -0.116. The molecule has 25 heavy (non-hydrogen) atoms. The van der Waals surface area contributed by atoms with E-state index in [0.29, 0.717) is 17.1 Å². The van der Waals surface area contributed by atoms with E-state index in [0.717, 1.165) is 6.26 Å². The summed E-state index contributed by atoms with van der Waals surface area (Å²) in [5, 5.41) is 5.32. The number of sulfonamides is 1. The van der Waals surface area contributed by atoms with E-state index in [2.05, 4.69) is 15.4 Å². The van der Waals surface area contributed by atoms with Crippen LogP contribution in [0.5, 0.6) is 0 Å². The highest BCUT2D eigenvalue weighted by Crippen LogP contribution is 2.15. The van der Waals surface area contributed by atoms with Gasteiger partial charge >= 0.3 is 0 Å². The van der Waals surface area contributed by atoms with Gasteiger partial charge < -0.3 is 15.1 Å². The van der Waals surface area contributed by atoms with E-state index in [1.165, 1.54) is 0 Å². The highest BCUT2D eigenvalue weighted by molar-refractivity contribution is 7.88. The maximum atomic E-state index is 12.0. The van der Waals surface area contributed by atoms with Crippen molar-refractivity contribution in [1.29, 1.82) is 0 Å². The highest BCUT2D eigenvalue weighted by Gasteiger charge is 2.10. The third kappa shape index (κ3) is 6.40. The molecule has 0 radical (unpaired) electrons. The van der Waals surface area contributed by atoms with Crippen molar-refractivity contribution in [3.8, 4) is 0 Å². The van der Waals surface area contributed by atoms with Crippen molar-refractivity contribution in [2.45, 2.75) is 13.3 Å². The monoisotopic (exact) mass is 365 g/mol. The first kappa shape index (κ1) is 18.7. The second-order valence-corrected chi connectivity index (χ2v) is 7.24. The molecule has 0 fully saturated rings. The molecule has 0 saturated carbocycles. The van der Waals surface area contributed by atoms with Gasteiger partial charge in [0, 0.05) is 24.3 Å². The molecule has 2 amide bonds. The van der Waals surface area contributed by atoms with Crippen molar-refractivity contribution in [3.05, 3.63) is 47.9 Å². The Morgan fingerprint density at radius 2 is 1.60 bits per heavy atom. The lowest BCUT2D eigenvalue weighted by Gasteiger charge is -2.07. The third-order valence-corrected chi connectivity index (χ3v) is 3.84. The van der Waals surface area contributed by atoms with Crippen LogP contribution < -0.4 is 15.4 Å². The summed E-state index contributed by atoms with van der Waals surface area (Å²) in [7, 11) is -3.31. The van der Waals surface area contributed by atoms with Crippen LogP contribution in [0.25, 0.3) is 0 Å². The molecule has 0 spiro atoms. The molecular formula is C16H19N3O5S. The van der Waals surface area contributed by atoms with Crippen molar-refractivity contribution >= 4 is 33.2 Å². The predicted molar refractivity (Wildman–Crippen MR) is 93.9 cm³/mol. The highest BCUT2D eigenvalue weighted by atomic mass is 32.2. The number of rotatable bonds is 7. The molecular weight excluding hydrogens is 346 g/mol. The zero-order valence-corrected chi connectivity index (χ0v) is 14.6. The van der Waals surface area contributed by atoms with Crippen molar-refractivity contribution in [3.63, 3.8) is 0 Å². The number of anilines is 2. The summed E-state index contributed by atoms with van der Waals surface area (Å²) < 4.78 is 29.3. The quantitative estimate of drug-likeness (QED) is 0.690. The molecule has 1 heterocycles. The number of furan rings is 1. The second kappa shape index (κ2) is 7.95. The fourth-order valence-corrected chi connectivity index (χ4v) is 2.43. The SMILES string of the molecule is Cc1ccc(C(=O)Nc2ccc(NC(=O)CCNS(C)(=O)=O)cc2)o1. The smallest absolute Gasteiger partial charge is 0.291 e. The van der Waals surface area contributed by atoms with Gasteiger partial charge in [0.2, 0.25) is 15.9 Å². The summed E-state index contributed by atoms with van der Waals surface area (Å²) in [5.41, 5.74) is 1.09. The van der Waals surface area contributed by atoms with Gasteiger partial charge in [-0.2, -0.15) is 0 Å². The van der Waals surface area contributed by atoms with Crippen LogP contribution in [0.4, 0.5) is 11.4 Å². The number of benzene rings is 1. The van der Waals surface area contributed by atoms with E-state index in [1.807, 2.05) is 0 Å². The summed E-state index contributed by atoms with van der Waals surface area (Å²) in [4.78, 5) is 23.7. The van der Waals surface area contributed by atoms with Gasteiger partial charge in [-0.3, -0.25) is 9.59 Å². The zero-order chi connectivity index (χ0) is 18.4. The molecule has 134 valence electrons. The Labute approximate surface area is 145 Å². The van der Waals surface area contributed by atoms with Crippen molar-refractivity contribution in [2.75, 3.05) is 23.4 Å². The van der Waals surface area contributed by atoms with Crippen LogP contribution in [-0.2, 0) is 14.8 Å². The Hall–Kier alpha value is -2.65. The molecule has 0 atom stereocenters. The summed E-state index contributed by atoms with van der Waals surface area (Å²) in [6.07, 6.45) is 1.05. The Morgan fingerprint density at radius 1 is 1.00 bits per heavy atom. The first-order valence-corrected chi connectivity index (χ1v) is 9.34. The number of aryl methyl sites for hydroxylation is 1. The van der Waals surface area contributed by atoms with Crippen LogP contribution >= 0.6 is 0 Å². The fourth-order valence-electron chi connectivity index (χ4n) is 1.96. The molecule has 0 aliphatic heterocycles. The standard InChI is InChI=1S/C16H19N3O5S/c1-11-3-8-14(24-11)16(21)19-13-6-4-12(5-7-13)18-15(20)9-10-17-25(2,22)23/h3-8,17H,9-10H2,1-2H3,(H,18,20)(H,19,21). The predicted octanol–water partition coefficient (Wildman–Crippen LogP) is 1.72. The molecule has 0 aliphatic rings. The average Bonchev–Trinajstić information content (AvgIpc) is 2.94. The summed E-state index contributed by atoms with van der Waals surface area (Å²) in [6, 6.07) is 9.82. The van der Waals surface area contributed by atoms with Crippen LogP contribution in [0, 0.1) is 6.92 Å². The molecule has 3 N–H and O–H groups in total. The molecule has 0 saturated heterocycles. The van der Waals surface area contributed by atoms with E-state index >= 15 is 0 Å². The van der Waals surface area contributed by atoms with Crippen LogP contribution in [0.2, 0.25) is 0 Å². The number of hydrogen-bond acceptors (Lipinski definition) is 5. The summed E-state index contributed by atoms with van der Waals surface area (Å²) in [6.45, 7) is 1.78. The molecule has 0 bridgehead atoms. The number of carbonyl (C=O) groups excluding carboxylic acids is 2. The Morgan fingerprint density at radius 3 is 2.12 bits per heavy atom. The number of nitrogens with one attached hydrogen (secondary N) is 3. The van der Waals surface area contributed by atoms with Crippen LogP contribution in [-0.4, -0.2) is 33.0 Å². The minimum Gasteiger partial charge on any atom is -0.456 e. The maximum Gasteiger partial charge on any atom is 0.291 e. The average molecular weight is 365 g/mol. The van der Waals surface area contributed by atoms with E-state index in [1.54, 1.807) is 43.3 Å². The Kier molecular flexibility index (Phi) is 5.94. The normalized spacial score (nSPS) is 11.1. The van der Waals surface area contributed by atoms with E-state index < -0.39 is 10.0 Å². The molecule has 1 aromatic heterocycles. The molecule has 9 heteroatoms. The Balaban J connectivity index is 1.85. The van der Waals surface area contributed by atoms with Gasteiger partial charge in [-0.05, 0) is 43.3 Å².